The van der Waals surface area contributed by atoms with Crippen molar-refractivity contribution in [2.24, 2.45) is 0 Å². The number of rotatable bonds is 2. The van der Waals surface area contributed by atoms with E-state index in [4.69, 9.17) is 14.7 Å². The molecule has 2 heterocycles. The molecule has 2 aromatic rings. The zero-order chi connectivity index (χ0) is 10.1. The van der Waals surface area contributed by atoms with E-state index >= 15 is 0 Å². The normalized spacial score (nSPS) is 10.7. The van der Waals surface area contributed by atoms with Gasteiger partial charge in [0.25, 0.3) is 0 Å². The van der Waals surface area contributed by atoms with Crippen molar-refractivity contribution in [3.8, 4) is 11.5 Å². The third kappa shape index (κ3) is 1.28. The van der Waals surface area contributed by atoms with Gasteiger partial charge in [0.2, 0.25) is 5.76 Å². The molecule has 14 heavy (non-hydrogen) atoms. The predicted octanol–water partition coefficient (Wildman–Crippen LogP) is 2.39. The van der Waals surface area contributed by atoms with Gasteiger partial charge in [-0.05, 0) is 19.1 Å². The van der Waals surface area contributed by atoms with Crippen molar-refractivity contribution in [1.29, 1.82) is 0 Å². The molecule has 0 aliphatic heterocycles. The molecule has 0 radical (unpaired) electrons. The van der Waals surface area contributed by atoms with E-state index in [0.29, 0.717) is 17.3 Å². The molecule has 0 unspecified atom stereocenters. The van der Waals surface area contributed by atoms with Gasteiger partial charge in [-0.1, -0.05) is 12.1 Å². The average molecular weight is 192 g/mol. The summed E-state index contributed by atoms with van der Waals surface area (Å²) in [5.74, 6) is 2.63. The van der Waals surface area contributed by atoms with Gasteiger partial charge in [0, 0.05) is 12.0 Å². The maximum atomic E-state index is 5.57. The van der Waals surface area contributed by atoms with Gasteiger partial charge in [0.05, 0.1) is 0 Å². The van der Waals surface area contributed by atoms with Crippen LogP contribution >= 0.6 is 0 Å². The van der Waals surface area contributed by atoms with Crippen molar-refractivity contribution in [3.05, 3.63) is 23.5 Å². The van der Waals surface area contributed by atoms with Crippen molar-refractivity contribution in [2.75, 3.05) is 5.73 Å². The Kier molecular flexibility index (Phi) is 2.04. The Balaban J connectivity index is 2.44. The zero-order valence-electron chi connectivity index (χ0n) is 8.20. The van der Waals surface area contributed by atoms with Crippen LogP contribution in [0.15, 0.2) is 21.1 Å². The minimum absolute atomic E-state index is 0.412. The Morgan fingerprint density at radius 2 is 2.21 bits per heavy atom. The molecule has 0 aliphatic carbocycles. The number of aryl methyl sites for hydroxylation is 1. The lowest BCUT2D eigenvalue weighted by Gasteiger charge is -1.91. The summed E-state index contributed by atoms with van der Waals surface area (Å²) in [6.07, 6.45) is 0.864. The van der Waals surface area contributed by atoms with Crippen LogP contribution in [0.5, 0.6) is 0 Å². The summed E-state index contributed by atoms with van der Waals surface area (Å²) in [5, 5.41) is 3.67. The summed E-state index contributed by atoms with van der Waals surface area (Å²) >= 11 is 0. The first kappa shape index (κ1) is 8.87. The fraction of sp³-hybridized carbons (Fsp3) is 0.300. The molecule has 0 aliphatic rings. The van der Waals surface area contributed by atoms with Gasteiger partial charge in [-0.3, -0.25) is 0 Å². The van der Waals surface area contributed by atoms with Crippen LogP contribution in [0, 0.1) is 6.92 Å². The largest absolute Gasteiger partial charge is 0.458 e. The van der Waals surface area contributed by atoms with E-state index in [1.165, 1.54) is 0 Å². The molecule has 4 nitrogen and oxygen atoms in total. The topological polar surface area (TPSA) is 65.2 Å². The van der Waals surface area contributed by atoms with Crippen LogP contribution in [0.1, 0.15) is 18.2 Å². The van der Waals surface area contributed by atoms with Crippen molar-refractivity contribution < 1.29 is 8.94 Å². The van der Waals surface area contributed by atoms with E-state index in [0.717, 1.165) is 17.7 Å². The number of hydrogen-bond donors (Lipinski definition) is 1. The van der Waals surface area contributed by atoms with E-state index in [-0.39, 0.29) is 0 Å². The highest BCUT2D eigenvalue weighted by atomic mass is 16.5. The van der Waals surface area contributed by atoms with Crippen molar-refractivity contribution in [2.45, 2.75) is 20.3 Å². The van der Waals surface area contributed by atoms with Crippen molar-refractivity contribution in [1.82, 2.24) is 5.16 Å². The first-order valence-electron chi connectivity index (χ1n) is 4.53. The molecule has 0 saturated heterocycles. The quantitative estimate of drug-likeness (QED) is 0.793. The molecule has 0 atom stereocenters. The van der Waals surface area contributed by atoms with Gasteiger partial charge in [-0.2, -0.15) is 0 Å². The van der Waals surface area contributed by atoms with E-state index in [1.807, 2.05) is 26.0 Å². The number of aromatic nitrogens is 1. The fourth-order valence-electron chi connectivity index (χ4n) is 1.27. The van der Waals surface area contributed by atoms with Crippen LogP contribution in [0.25, 0.3) is 11.5 Å². The molecule has 2 rings (SSSR count). The predicted molar refractivity (Wildman–Crippen MR) is 52.7 cm³/mol. The molecule has 0 bridgehead atoms. The summed E-state index contributed by atoms with van der Waals surface area (Å²) in [6.45, 7) is 3.89. The smallest absolute Gasteiger partial charge is 0.207 e. The van der Waals surface area contributed by atoms with Crippen LogP contribution in [-0.2, 0) is 6.42 Å². The van der Waals surface area contributed by atoms with Crippen molar-refractivity contribution >= 4 is 5.82 Å². The number of nitrogens with two attached hydrogens (primary N) is 1. The molecule has 0 spiro atoms. The van der Waals surface area contributed by atoms with E-state index in [2.05, 4.69) is 5.16 Å². The molecule has 0 fully saturated rings. The van der Waals surface area contributed by atoms with Gasteiger partial charge in [-0.15, -0.1) is 0 Å². The van der Waals surface area contributed by atoms with Gasteiger partial charge in [-0.25, -0.2) is 0 Å². The lowest BCUT2D eigenvalue weighted by Crippen LogP contribution is -1.85. The van der Waals surface area contributed by atoms with Gasteiger partial charge in [0.15, 0.2) is 11.6 Å². The fourth-order valence-corrected chi connectivity index (χ4v) is 1.27. The van der Waals surface area contributed by atoms with Crippen LogP contribution in [0.2, 0.25) is 0 Å². The Hall–Kier alpha value is -1.71. The van der Waals surface area contributed by atoms with Crippen molar-refractivity contribution in [3.63, 3.8) is 0 Å². The monoisotopic (exact) mass is 192 g/mol. The highest BCUT2D eigenvalue weighted by molar-refractivity contribution is 5.60. The van der Waals surface area contributed by atoms with Gasteiger partial charge in [0.1, 0.15) is 5.76 Å². The number of hydrogen-bond acceptors (Lipinski definition) is 4. The standard InChI is InChI=1S/C10H12N2O2/c1-3-7-4-5-8(13-7)9-6(2)10(11)12-14-9/h4-5H,3H2,1-2H3,(H2,11,12). The third-order valence-electron chi connectivity index (χ3n) is 2.19. The Morgan fingerprint density at radius 1 is 1.43 bits per heavy atom. The SMILES string of the molecule is CCc1ccc(-c2onc(N)c2C)o1. The molecule has 2 N–H and O–H groups in total. The molecular formula is C10H12N2O2. The number of nitrogens with zero attached hydrogens (tertiary/aromatic N) is 1. The Labute approximate surface area is 81.7 Å². The van der Waals surface area contributed by atoms with E-state index in [9.17, 15) is 0 Å². The second-order valence-corrected chi connectivity index (χ2v) is 3.14. The Morgan fingerprint density at radius 3 is 2.71 bits per heavy atom. The molecule has 4 heteroatoms. The highest BCUT2D eigenvalue weighted by Gasteiger charge is 2.14. The van der Waals surface area contributed by atoms with Crippen LogP contribution in [0.4, 0.5) is 5.82 Å². The minimum atomic E-state index is 0.412. The average Bonchev–Trinajstić information content (AvgIpc) is 2.75. The molecular weight excluding hydrogens is 180 g/mol. The number of furan rings is 1. The summed E-state index contributed by atoms with van der Waals surface area (Å²) in [7, 11) is 0. The number of nitrogen functional groups attached to an aromatic ring is 1. The minimum Gasteiger partial charge on any atom is -0.458 e. The first-order chi connectivity index (χ1) is 6.72. The summed E-state index contributed by atoms with van der Waals surface area (Å²) in [4.78, 5) is 0. The zero-order valence-corrected chi connectivity index (χ0v) is 8.20. The second kappa shape index (κ2) is 3.21. The lowest BCUT2D eigenvalue weighted by atomic mass is 10.2. The van der Waals surface area contributed by atoms with Gasteiger partial charge >= 0.3 is 0 Å². The summed E-state index contributed by atoms with van der Waals surface area (Å²) in [6, 6.07) is 3.79. The Bertz CT molecular complexity index is 443. The van der Waals surface area contributed by atoms with Crippen LogP contribution in [0.3, 0.4) is 0 Å². The summed E-state index contributed by atoms with van der Waals surface area (Å²) < 4.78 is 10.6. The second-order valence-electron chi connectivity index (χ2n) is 3.14. The molecule has 0 amide bonds. The molecule has 2 aromatic heterocycles. The molecule has 0 aromatic carbocycles. The number of anilines is 1. The summed E-state index contributed by atoms with van der Waals surface area (Å²) in [5.41, 5.74) is 6.39. The third-order valence-corrected chi connectivity index (χ3v) is 2.19. The molecule has 74 valence electrons. The van der Waals surface area contributed by atoms with Crippen LogP contribution < -0.4 is 5.73 Å². The van der Waals surface area contributed by atoms with E-state index in [1.54, 1.807) is 0 Å². The maximum Gasteiger partial charge on any atom is 0.207 e. The van der Waals surface area contributed by atoms with E-state index < -0.39 is 0 Å². The maximum absolute atomic E-state index is 5.57. The molecule has 0 saturated carbocycles. The highest BCUT2D eigenvalue weighted by Crippen LogP contribution is 2.28. The van der Waals surface area contributed by atoms with Gasteiger partial charge < -0.3 is 14.7 Å². The first-order valence-corrected chi connectivity index (χ1v) is 4.53. The van der Waals surface area contributed by atoms with Crippen LogP contribution in [-0.4, -0.2) is 5.16 Å². The lowest BCUT2D eigenvalue weighted by molar-refractivity contribution is 0.416.